The molecule has 1 N–H and O–H groups in total. The van der Waals surface area contributed by atoms with Crippen molar-refractivity contribution in [1.29, 1.82) is 0 Å². The van der Waals surface area contributed by atoms with Crippen LogP contribution in [0.25, 0.3) is 0 Å². The fraction of sp³-hybridized carbons (Fsp3) is 0.185. The van der Waals surface area contributed by atoms with Crippen LogP contribution in [0.5, 0.6) is 0 Å². The van der Waals surface area contributed by atoms with E-state index < -0.39 is 21.5 Å². The zero-order valence-electron chi connectivity index (χ0n) is 19.1. The smallest absolute Gasteiger partial charge is 0.341 e. The molecular weight excluding hydrogens is 484 g/mol. The summed E-state index contributed by atoms with van der Waals surface area (Å²) >= 11 is 5.98. The van der Waals surface area contributed by atoms with Crippen LogP contribution in [0.2, 0.25) is 5.02 Å². The van der Waals surface area contributed by atoms with Gasteiger partial charge in [-0.05, 0) is 48.9 Å². The second kappa shape index (κ2) is 10.6. The minimum absolute atomic E-state index is 0.0838. The van der Waals surface area contributed by atoms with E-state index in [2.05, 4.69) is 4.72 Å². The molecule has 0 radical (unpaired) electrons. The molecule has 4 rings (SSSR count). The van der Waals surface area contributed by atoms with E-state index in [1.807, 2.05) is 37.3 Å². The third-order valence-corrected chi connectivity index (χ3v) is 7.35. The third kappa shape index (κ3) is 6.06. The van der Waals surface area contributed by atoms with Gasteiger partial charge in [0.2, 0.25) is 15.9 Å². The van der Waals surface area contributed by atoms with E-state index in [9.17, 15) is 13.2 Å². The maximum absolute atomic E-state index is 13.1. The molecule has 0 saturated heterocycles. The Morgan fingerprint density at radius 1 is 0.971 bits per heavy atom. The van der Waals surface area contributed by atoms with Gasteiger partial charge in [-0.15, -0.1) is 0 Å². The van der Waals surface area contributed by atoms with Gasteiger partial charge >= 0.3 is 5.97 Å². The van der Waals surface area contributed by atoms with Crippen molar-refractivity contribution in [2.24, 2.45) is 4.99 Å². The van der Waals surface area contributed by atoms with Gasteiger partial charge in [0, 0.05) is 30.0 Å². The largest absolute Gasteiger partial charge is 0.405 e. The van der Waals surface area contributed by atoms with Gasteiger partial charge < -0.3 is 4.74 Å². The number of ether oxygens (including phenoxy) is 1. The Morgan fingerprint density at radius 2 is 1.66 bits per heavy atom. The number of carbonyl (C=O) groups excluding carboxylic acids is 1. The van der Waals surface area contributed by atoms with Crippen molar-refractivity contribution in [3.63, 3.8) is 0 Å². The lowest BCUT2D eigenvalue weighted by Gasteiger charge is -2.20. The molecule has 3 aromatic carbocycles. The van der Waals surface area contributed by atoms with Gasteiger partial charge in [-0.1, -0.05) is 71.8 Å². The summed E-state index contributed by atoms with van der Waals surface area (Å²) in [7, 11) is -3.63. The molecule has 0 spiro atoms. The first-order valence-corrected chi connectivity index (χ1v) is 13.0. The molecule has 1 heterocycles. The topological polar surface area (TPSA) is 84.8 Å². The molecular formula is C27H25ClN2O4S. The number of cyclic esters (lactones) is 1. The zero-order chi connectivity index (χ0) is 24.9. The molecule has 1 aliphatic heterocycles. The van der Waals surface area contributed by atoms with E-state index >= 15 is 0 Å². The van der Waals surface area contributed by atoms with Crippen LogP contribution >= 0.6 is 11.6 Å². The quantitative estimate of drug-likeness (QED) is 0.330. The zero-order valence-corrected chi connectivity index (χ0v) is 20.7. The van der Waals surface area contributed by atoms with Gasteiger partial charge in [0.1, 0.15) is 0 Å². The second-order valence-corrected chi connectivity index (χ2v) is 10.6. The Labute approximate surface area is 210 Å². The number of hydrogen-bond donors (Lipinski definition) is 1. The molecule has 0 bridgehead atoms. The van der Waals surface area contributed by atoms with Crippen molar-refractivity contribution in [3.05, 3.63) is 113 Å². The Bertz CT molecular complexity index is 1350. The van der Waals surface area contributed by atoms with E-state index in [0.717, 1.165) is 11.1 Å². The molecule has 0 aromatic heterocycles. The van der Waals surface area contributed by atoms with E-state index in [-0.39, 0.29) is 23.8 Å². The monoisotopic (exact) mass is 508 g/mol. The standard InChI is InChI=1S/C27H25ClN2O4S/c1-20-9-15-24(16-10-20)35(32,33)29-18-6-5-17-27(19-21-7-3-2-4-8-21)26(31)34-25(30-27)22-11-13-23(28)14-12-22/h2-16,29H,17-19H2,1H3/b6-5+. The molecule has 180 valence electrons. The molecule has 35 heavy (non-hydrogen) atoms. The summed E-state index contributed by atoms with van der Waals surface area (Å²) in [6, 6.07) is 23.2. The highest BCUT2D eigenvalue weighted by Crippen LogP contribution is 2.31. The van der Waals surface area contributed by atoms with Gasteiger partial charge in [-0.3, -0.25) is 0 Å². The number of aliphatic imine (C=N–C) groups is 1. The molecule has 1 atom stereocenters. The van der Waals surface area contributed by atoms with Crippen LogP contribution in [0.15, 0.2) is 101 Å². The van der Waals surface area contributed by atoms with E-state index in [4.69, 9.17) is 21.3 Å². The Morgan fingerprint density at radius 3 is 2.34 bits per heavy atom. The number of nitrogens with zero attached hydrogens (tertiary/aromatic N) is 1. The van der Waals surface area contributed by atoms with Crippen LogP contribution in [0.1, 0.15) is 23.1 Å². The summed E-state index contributed by atoms with van der Waals surface area (Å²) < 4.78 is 33.1. The van der Waals surface area contributed by atoms with Crippen LogP contribution < -0.4 is 4.72 Å². The number of aryl methyl sites for hydroxylation is 1. The number of nitrogens with one attached hydrogen (secondary N) is 1. The fourth-order valence-electron chi connectivity index (χ4n) is 3.73. The second-order valence-electron chi connectivity index (χ2n) is 8.35. The number of sulfonamides is 1. The van der Waals surface area contributed by atoms with Gasteiger partial charge in [-0.25, -0.2) is 22.9 Å². The maximum atomic E-state index is 13.1. The highest BCUT2D eigenvalue weighted by Gasteiger charge is 2.45. The third-order valence-electron chi connectivity index (χ3n) is 5.66. The normalized spacial score (nSPS) is 18.0. The number of rotatable bonds is 9. The molecule has 1 aliphatic rings. The molecule has 8 heteroatoms. The number of carbonyl (C=O) groups is 1. The van der Waals surface area contributed by atoms with Crippen molar-refractivity contribution in [2.45, 2.75) is 30.2 Å². The lowest BCUT2D eigenvalue weighted by molar-refractivity contribution is -0.138. The molecule has 0 fully saturated rings. The first-order chi connectivity index (χ1) is 16.8. The molecule has 3 aromatic rings. The minimum Gasteiger partial charge on any atom is -0.405 e. The van der Waals surface area contributed by atoms with Crippen LogP contribution in [0.4, 0.5) is 0 Å². The number of benzene rings is 3. The Hall–Kier alpha value is -3.26. The highest BCUT2D eigenvalue weighted by atomic mass is 35.5. The van der Waals surface area contributed by atoms with Crippen molar-refractivity contribution >= 4 is 33.5 Å². The van der Waals surface area contributed by atoms with Crippen molar-refractivity contribution in [1.82, 2.24) is 4.72 Å². The predicted molar refractivity (Wildman–Crippen MR) is 137 cm³/mol. The molecule has 0 amide bonds. The number of halogens is 1. The maximum Gasteiger partial charge on any atom is 0.341 e. The van der Waals surface area contributed by atoms with Gasteiger partial charge in [0.25, 0.3) is 0 Å². The van der Waals surface area contributed by atoms with E-state index in [0.29, 0.717) is 17.0 Å². The predicted octanol–water partition coefficient (Wildman–Crippen LogP) is 4.86. The van der Waals surface area contributed by atoms with Crippen molar-refractivity contribution < 1.29 is 17.9 Å². The first kappa shape index (κ1) is 24.9. The molecule has 6 nitrogen and oxygen atoms in total. The van der Waals surface area contributed by atoms with Crippen molar-refractivity contribution in [2.75, 3.05) is 6.54 Å². The van der Waals surface area contributed by atoms with Crippen LogP contribution in [-0.2, 0) is 26.0 Å². The fourth-order valence-corrected chi connectivity index (χ4v) is 4.83. The van der Waals surface area contributed by atoms with Crippen molar-refractivity contribution in [3.8, 4) is 0 Å². The van der Waals surface area contributed by atoms with E-state index in [1.54, 1.807) is 60.7 Å². The Kier molecular flexibility index (Phi) is 7.50. The average Bonchev–Trinajstić information content (AvgIpc) is 3.16. The molecule has 0 aliphatic carbocycles. The summed E-state index contributed by atoms with van der Waals surface area (Å²) in [5.41, 5.74) is 1.43. The molecule has 1 unspecified atom stereocenters. The summed E-state index contributed by atoms with van der Waals surface area (Å²) in [6.45, 7) is 1.98. The summed E-state index contributed by atoms with van der Waals surface area (Å²) in [5, 5.41) is 0.574. The van der Waals surface area contributed by atoms with Crippen LogP contribution in [0, 0.1) is 6.92 Å². The van der Waals surface area contributed by atoms with Gasteiger partial charge in [0.15, 0.2) is 5.54 Å². The SMILES string of the molecule is Cc1ccc(S(=O)(=O)NC/C=C/CC2(Cc3ccccc3)N=C(c3ccc(Cl)cc3)OC2=O)cc1. The summed E-state index contributed by atoms with van der Waals surface area (Å²) in [4.78, 5) is 18.0. The van der Waals surface area contributed by atoms with Crippen LogP contribution in [0.3, 0.4) is 0 Å². The molecule has 0 saturated carbocycles. The van der Waals surface area contributed by atoms with Crippen LogP contribution in [-0.4, -0.2) is 32.4 Å². The lowest BCUT2D eigenvalue weighted by Crippen LogP contribution is -2.36. The lowest BCUT2D eigenvalue weighted by atomic mass is 9.88. The average molecular weight is 509 g/mol. The van der Waals surface area contributed by atoms with Gasteiger partial charge in [-0.2, -0.15) is 0 Å². The Balaban J connectivity index is 1.51. The first-order valence-electron chi connectivity index (χ1n) is 11.1. The minimum atomic E-state index is -3.63. The van der Waals surface area contributed by atoms with E-state index in [1.165, 1.54) is 0 Å². The highest BCUT2D eigenvalue weighted by molar-refractivity contribution is 7.89. The number of hydrogen-bond acceptors (Lipinski definition) is 5. The summed E-state index contributed by atoms with van der Waals surface area (Å²) in [6.07, 6.45) is 4.05. The van der Waals surface area contributed by atoms with Gasteiger partial charge in [0.05, 0.1) is 4.90 Å². The summed E-state index contributed by atoms with van der Waals surface area (Å²) in [5.74, 6) is -0.202. The number of esters is 1.